The molecule has 2 heteroatoms. The Labute approximate surface area is 115 Å². The first kappa shape index (κ1) is 12.7. The lowest BCUT2D eigenvalue weighted by molar-refractivity contribution is 0.307. The molecule has 0 radical (unpaired) electrons. The van der Waals surface area contributed by atoms with Gasteiger partial charge in [-0.3, -0.25) is 0 Å². The third kappa shape index (κ3) is 2.65. The maximum absolute atomic E-state index is 3.56. The van der Waals surface area contributed by atoms with E-state index in [2.05, 4.69) is 29.8 Å². The van der Waals surface area contributed by atoms with E-state index < -0.39 is 0 Å². The average Bonchev–Trinajstić information content (AvgIpc) is 2.98. The summed E-state index contributed by atoms with van der Waals surface area (Å²) in [5.74, 6) is 0.966. The number of rotatable bonds is 4. The largest absolute Gasteiger partial charge is 0.312 e. The number of hydrogen-bond acceptors (Lipinski definition) is 2. The molecule has 100 valence electrons. The van der Waals surface area contributed by atoms with Crippen LogP contribution in [-0.4, -0.2) is 7.05 Å². The van der Waals surface area contributed by atoms with E-state index in [-0.39, 0.29) is 0 Å². The molecule has 1 fully saturated rings. The lowest BCUT2D eigenvalue weighted by Crippen LogP contribution is -2.20. The SMILES string of the molecule is CNC(CC1CCCCC1)c1cc2c(s1)CCC2. The molecule has 1 aromatic heterocycles. The molecule has 1 atom stereocenters. The Balaban J connectivity index is 1.67. The van der Waals surface area contributed by atoms with Crippen LogP contribution in [0.2, 0.25) is 0 Å². The van der Waals surface area contributed by atoms with E-state index in [0.29, 0.717) is 6.04 Å². The monoisotopic (exact) mass is 263 g/mol. The van der Waals surface area contributed by atoms with Crippen LogP contribution in [0.3, 0.4) is 0 Å². The smallest absolute Gasteiger partial charge is 0.0415 e. The van der Waals surface area contributed by atoms with Crippen molar-refractivity contribution in [2.24, 2.45) is 5.92 Å². The summed E-state index contributed by atoms with van der Waals surface area (Å²) >= 11 is 2.08. The number of aryl methyl sites for hydroxylation is 2. The van der Waals surface area contributed by atoms with Gasteiger partial charge < -0.3 is 5.32 Å². The number of thiophene rings is 1. The van der Waals surface area contributed by atoms with Gasteiger partial charge in [0.1, 0.15) is 0 Å². The van der Waals surface area contributed by atoms with Crippen molar-refractivity contribution in [3.8, 4) is 0 Å². The van der Waals surface area contributed by atoms with Crippen LogP contribution in [0.15, 0.2) is 6.07 Å². The van der Waals surface area contributed by atoms with Crippen LogP contribution in [0, 0.1) is 5.92 Å². The van der Waals surface area contributed by atoms with Crippen LogP contribution in [-0.2, 0) is 12.8 Å². The summed E-state index contributed by atoms with van der Waals surface area (Å²) in [4.78, 5) is 3.28. The fraction of sp³-hybridized carbons (Fsp3) is 0.750. The molecule has 0 aliphatic heterocycles. The summed E-state index contributed by atoms with van der Waals surface area (Å²) in [6.45, 7) is 0. The summed E-state index contributed by atoms with van der Waals surface area (Å²) in [6, 6.07) is 3.11. The van der Waals surface area contributed by atoms with Crippen molar-refractivity contribution in [1.29, 1.82) is 0 Å². The van der Waals surface area contributed by atoms with E-state index in [0.717, 1.165) is 5.92 Å². The predicted octanol–water partition coefficient (Wildman–Crippen LogP) is 4.47. The lowest BCUT2D eigenvalue weighted by atomic mass is 9.84. The summed E-state index contributed by atoms with van der Waals surface area (Å²) in [5, 5.41) is 3.56. The van der Waals surface area contributed by atoms with E-state index in [1.807, 2.05) is 0 Å². The van der Waals surface area contributed by atoms with Crippen molar-refractivity contribution in [3.05, 3.63) is 21.4 Å². The molecule has 1 nitrogen and oxygen atoms in total. The molecular formula is C16H25NS. The van der Waals surface area contributed by atoms with E-state index in [1.54, 1.807) is 15.3 Å². The molecule has 1 N–H and O–H groups in total. The topological polar surface area (TPSA) is 12.0 Å². The predicted molar refractivity (Wildman–Crippen MR) is 79.3 cm³/mol. The highest BCUT2D eigenvalue weighted by atomic mass is 32.1. The molecule has 0 amide bonds. The van der Waals surface area contributed by atoms with Crippen molar-refractivity contribution in [1.82, 2.24) is 5.32 Å². The Morgan fingerprint density at radius 3 is 2.78 bits per heavy atom. The zero-order valence-corrected chi connectivity index (χ0v) is 12.3. The molecule has 3 rings (SSSR count). The second kappa shape index (κ2) is 5.75. The molecule has 2 aliphatic rings. The van der Waals surface area contributed by atoms with Crippen molar-refractivity contribution in [2.75, 3.05) is 7.05 Å². The van der Waals surface area contributed by atoms with Gasteiger partial charge in [-0.15, -0.1) is 11.3 Å². The van der Waals surface area contributed by atoms with Gasteiger partial charge in [-0.1, -0.05) is 32.1 Å². The maximum atomic E-state index is 3.56. The molecule has 0 saturated heterocycles. The van der Waals surface area contributed by atoms with Crippen molar-refractivity contribution in [2.45, 2.75) is 63.8 Å². The van der Waals surface area contributed by atoms with Crippen LogP contribution < -0.4 is 5.32 Å². The molecule has 18 heavy (non-hydrogen) atoms. The van der Waals surface area contributed by atoms with E-state index >= 15 is 0 Å². The van der Waals surface area contributed by atoms with Gasteiger partial charge in [-0.2, -0.15) is 0 Å². The van der Waals surface area contributed by atoms with Crippen LogP contribution in [0.4, 0.5) is 0 Å². The molecular weight excluding hydrogens is 238 g/mol. The lowest BCUT2D eigenvalue weighted by Gasteiger charge is -2.25. The number of fused-ring (bicyclic) bond motifs is 1. The Kier molecular flexibility index (Phi) is 4.05. The van der Waals surface area contributed by atoms with Crippen LogP contribution in [0.25, 0.3) is 0 Å². The summed E-state index contributed by atoms with van der Waals surface area (Å²) < 4.78 is 0. The standard InChI is InChI=1S/C16H25NS/c1-17-14(10-12-6-3-2-4-7-12)16-11-13-8-5-9-15(13)18-16/h11-12,14,17H,2-10H2,1H3. The van der Waals surface area contributed by atoms with Crippen molar-refractivity contribution < 1.29 is 0 Å². The molecule has 0 aromatic carbocycles. The maximum Gasteiger partial charge on any atom is 0.0415 e. The van der Waals surface area contributed by atoms with E-state index in [9.17, 15) is 0 Å². The van der Waals surface area contributed by atoms with Gasteiger partial charge in [0.2, 0.25) is 0 Å². The minimum Gasteiger partial charge on any atom is -0.312 e. The summed E-state index contributed by atoms with van der Waals surface area (Å²) in [7, 11) is 2.14. The van der Waals surface area contributed by atoms with Crippen LogP contribution >= 0.6 is 11.3 Å². The third-order valence-corrected chi connectivity index (χ3v) is 6.10. The average molecular weight is 263 g/mol. The summed E-state index contributed by atoms with van der Waals surface area (Å²) in [5.41, 5.74) is 1.65. The second-order valence-corrected chi connectivity index (χ2v) is 7.20. The molecule has 0 bridgehead atoms. The van der Waals surface area contributed by atoms with E-state index in [4.69, 9.17) is 0 Å². The fourth-order valence-corrected chi connectivity index (χ4v) is 5.04. The van der Waals surface area contributed by atoms with Gasteiger partial charge in [0, 0.05) is 15.8 Å². The Morgan fingerprint density at radius 1 is 1.22 bits per heavy atom. The molecule has 1 unspecified atom stereocenters. The number of hydrogen-bond donors (Lipinski definition) is 1. The van der Waals surface area contributed by atoms with Crippen LogP contribution in [0.5, 0.6) is 0 Å². The van der Waals surface area contributed by atoms with Gasteiger partial charge in [0.05, 0.1) is 0 Å². The first-order chi connectivity index (χ1) is 8.86. The van der Waals surface area contributed by atoms with Crippen molar-refractivity contribution >= 4 is 11.3 Å². The normalized spacial score (nSPS) is 22.1. The van der Waals surface area contributed by atoms with Gasteiger partial charge in [0.25, 0.3) is 0 Å². The second-order valence-electron chi connectivity index (χ2n) is 6.03. The number of nitrogens with one attached hydrogen (secondary N) is 1. The van der Waals surface area contributed by atoms with Gasteiger partial charge in [-0.25, -0.2) is 0 Å². The van der Waals surface area contributed by atoms with Gasteiger partial charge in [0.15, 0.2) is 0 Å². The first-order valence-electron chi connectivity index (χ1n) is 7.65. The fourth-order valence-electron chi connectivity index (χ4n) is 3.66. The first-order valence-corrected chi connectivity index (χ1v) is 8.47. The van der Waals surface area contributed by atoms with Crippen LogP contribution in [0.1, 0.15) is 66.3 Å². The Hall–Kier alpha value is -0.340. The highest BCUT2D eigenvalue weighted by Crippen LogP contribution is 2.38. The molecule has 1 aromatic rings. The zero-order valence-electron chi connectivity index (χ0n) is 11.5. The molecule has 1 heterocycles. The van der Waals surface area contributed by atoms with Gasteiger partial charge >= 0.3 is 0 Å². The summed E-state index contributed by atoms with van der Waals surface area (Å²) in [6.07, 6.45) is 12.7. The Bertz CT molecular complexity index is 368. The molecule has 2 aliphatic carbocycles. The minimum atomic E-state index is 0.615. The quantitative estimate of drug-likeness (QED) is 0.845. The molecule has 0 spiro atoms. The van der Waals surface area contributed by atoms with E-state index in [1.165, 1.54) is 57.8 Å². The highest BCUT2D eigenvalue weighted by molar-refractivity contribution is 7.12. The van der Waals surface area contributed by atoms with Gasteiger partial charge in [-0.05, 0) is 50.3 Å². The van der Waals surface area contributed by atoms with Crippen molar-refractivity contribution in [3.63, 3.8) is 0 Å². The molecule has 1 saturated carbocycles. The third-order valence-electron chi connectivity index (χ3n) is 4.75. The highest BCUT2D eigenvalue weighted by Gasteiger charge is 2.23. The minimum absolute atomic E-state index is 0.615. The Morgan fingerprint density at radius 2 is 2.06 bits per heavy atom. The zero-order chi connectivity index (χ0) is 12.4.